The predicted molar refractivity (Wildman–Crippen MR) is 62.3 cm³/mol. The predicted octanol–water partition coefficient (Wildman–Crippen LogP) is 1.07. The molecule has 0 aliphatic heterocycles. The molecule has 1 amide bonds. The number of aromatic nitrogens is 4. The molecule has 2 rings (SSSR count). The van der Waals surface area contributed by atoms with E-state index in [1.165, 1.54) is 0 Å². The molecule has 0 saturated carbocycles. The molecule has 0 bridgehead atoms. The van der Waals surface area contributed by atoms with Crippen molar-refractivity contribution in [1.82, 2.24) is 19.7 Å². The van der Waals surface area contributed by atoms with Gasteiger partial charge in [-0.2, -0.15) is 0 Å². The summed E-state index contributed by atoms with van der Waals surface area (Å²) >= 11 is 0. The van der Waals surface area contributed by atoms with Crippen molar-refractivity contribution in [2.45, 2.75) is 19.9 Å². The number of rotatable bonds is 4. The lowest BCUT2D eigenvalue weighted by Crippen LogP contribution is -2.11. The minimum absolute atomic E-state index is 0.0934. The molecule has 2 heterocycles. The van der Waals surface area contributed by atoms with Crippen molar-refractivity contribution in [3.8, 4) is 0 Å². The Hall–Kier alpha value is -2.24. The number of amides is 1. The smallest absolute Gasteiger partial charge is 0.248 e. The van der Waals surface area contributed by atoms with Crippen LogP contribution in [0.3, 0.4) is 0 Å². The van der Waals surface area contributed by atoms with Crippen molar-refractivity contribution in [2.75, 3.05) is 5.32 Å². The minimum atomic E-state index is -0.0934. The molecule has 0 unspecified atom stereocenters. The Morgan fingerprint density at radius 2 is 2.41 bits per heavy atom. The number of carbonyl (C=O) groups is 1. The summed E-state index contributed by atoms with van der Waals surface area (Å²) < 4.78 is 1.66. The molecular weight excluding hydrogens is 218 g/mol. The first-order chi connectivity index (χ1) is 8.28. The maximum Gasteiger partial charge on any atom is 0.248 e. The highest BCUT2D eigenvalue weighted by atomic mass is 16.1. The van der Waals surface area contributed by atoms with Gasteiger partial charge in [0.1, 0.15) is 6.33 Å². The molecule has 6 nitrogen and oxygen atoms in total. The molecule has 0 aromatic carbocycles. The van der Waals surface area contributed by atoms with Crippen LogP contribution in [0.2, 0.25) is 0 Å². The Kier molecular flexibility index (Phi) is 3.44. The molecule has 0 radical (unpaired) electrons. The van der Waals surface area contributed by atoms with Crippen LogP contribution in [0.15, 0.2) is 30.9 Å². The highest BCUT2D eigenvalue weighted by Gasteiger charge is 2.04. The number of carbonyl (C=O) groups excluding carboxylic acids is 1. The Balaban J connectivity index is 2.01. The van der Waals surface area contributed by atoms with E-state index in [0.717, 1.165) is 5.56 Å². The third kappa shape index (κ3) is 3.10. The number of hydrogen-bond donors (Lipinski definition) is 1. The summed E-state index contributed by atoms with van der Waals surface area (Å²) in [7, 11) is 0. The van der Waals surface area contributed by atoms with E-state index in [9.17, 15) is 4.79 Å². The Labute approximate surface area is 98.7 Å². The Bertz CT molecular complexity index is 494. The molecule has 1 N–H and O–H groups in total. The van der Waals surface area contributed by atoms with Crippen molar-refractivity contribution in [1.29, 1.82) is 0 Å². The van der Waals surface area contributed by atoms with Gasteiger partial charge in [0.25, 0.3) is 0 Å². The van der Waals surface area contributed by atoms with E-state index < -0.39 is 0 Å². The summed E-state index contributed by atoms with van der Waals surface area (Å²) in [6, 6.07) is 3.82. The van der Waals surface area contributed by atoms with Crippen molar-refractivity contribution in [3.63, 3.8) is 0 Å². The fourth-order valence-corrected chi connectivity index (χ4v) is 1.32. The summed E-state index contributed by atoms with van der Waals surface area (Å²) in [6.07, 6.45) is 5.49. The fourth-order valence-electron chi connectivity index (χ4n) is 1.32. The van der Waals surface area contributed by atoms with Crippen LogP contribution in [-0.2, 0) is 11.3 Å². The molecule has 0 atom stereocenters. The summed E-state index contributed by atoms with van der Waals surface area (Å²) in [6.45, 7) is 2.37. The molecule has 0 saturated heterocycles. The fraction of sp³-hybridized carbons (Fsp3) is 0.273. The van der Waals surface area contributed by atoms with E-state index in [4.69, 9.17) is 0 Å². The molecule has 0 fully saturated rings. The molecule has 2 aromatic rings. The molecule has 6 heteroatoms. The molecule has 0 spiro atoms. The van der Waals surface area contributed by atoms with E-state index in [0.29, 0.717) is 18.9 Å². The standard InChI is InChI=1S/C11H13N5O/c1-2-10(17)14-11-13-8-16(15-11)7-9-4-3-5-12-6-9/h3-6,8H,2,7H2,1H3,(H,14,15,17). The van der Waals surface area contributed by atoms with Gasteiger partial charge in [0, 0.05) is 18.8 Å². The zero-order valence-electron chi connectivity index (χ0n) is 9.50. The van der Waals surface area contributed by atoms with Gasteiger partial charge in [0.05, 0.1) is 6.54 Å². The van der Waals surface area contributed by atoms with Crippen LogP contribution in [0.1, 0.15) is 18.9 Å². The average Bonchev–Trinajstić information content (AvgIpc) is 2.77. The average molecular weight is 231 g/mol. The molecule has 0 aliphatic carbocycles. The maximum atomic E-state index is 11.1. The lowest BCUT2D eigenvalue weighted by atomic mass is 10.3. The second-order valence-electron chi connectivity index (χ2n) is 3.53. The molecule has 17 heavy (non-hydrogen) atoms. The molecule has 2 aromatic heterocycles. The Morgan fingerprint density at radius 3 is 3.12 bits per heavy atom. The second-order valence-corrected chi connectivity index (χ2v) is 3.53. The minimum Gasteiger partial charge on any atom is -0.293 e. The lowest BCUT2D eigenvalue weighted by Gasteiger charge is -1.99. The number of pyridine rings is 1. The highest BCUT2D eigenvalue weighted by Crippen LogP contribution is 2.02. The van der Waals surface area contributed by atoms with Gasteiger partial charge in [-0.1, -0.05) is 13.0 Å². The third-order valence-corrected chi connectivity index (χ3v) is 2.18. The normalized spacial score (nSPS) is 10.2. The second kappa shape index (κ2) is 5.20. The van der Waals surface area contributed by atoms with E-state index in [1.54, 1.807) is 30.3 Å². The van der Waals surface area contributed by atoms with Gasteiger partial charge in [-0.25, -0.2) is 9.67 Å². The van der Waals surface area contributed by atoms with Crippen molar-refractivity contribution >= 4 is 11.9 Å². The van der Waals surface area contributed by atoms with Crippen LogP contribution in [-0.4, -0.2) is 25.7 Å². The maximum absolute atomic E-state index is 11.1. The summed E-state index contributed by atoms with van der Waals surface area (Å²) in [5, 5.41) is 6.74. The quantitative estimate of drug-likeness (QED) is 0.854. The van der Waals surface area contributed by atoms with Crippen LogP contribution >= 0.6 is 0 Å². The first kappa shape index (κ1) is 11.3. The van der Waals surface area contributed by atoms with Gasteiger partial charge in [-0.05, 0) is 11.6 Å². The zero-order chi connectivity index (χ0) is 12.1. The largest absolute Gasteiger partial charge is 0.293 e. The first-order valence-electron chi connectivity index (χ1n) is 5.36. The van der Waals surface area contributed by atoms with E-state index in [-0.39, 0.29) is 5.91 Å². The Morgan fingerprint density at radius 1 is 1.53 bits per heavy atom. The molecule has 88 valence electrons. The molecule has 0 aliphatic rings. The van der Waals surface area contributed by atoms with Crippen LogP contribution < -0.4 is 5.32 Å². The van der Waals surface area contributed by atoms with Gasteiger partial charge >= 0.3 is 0 Å². The summed E-state index contributed by atoms with van der Waals surface area (Å²) in [4.78, 5) is 19.2. The van der Waals surface area contributed by atoms with Gasteiger partial charge in [-0.3, -0.25) is 15.1 Å². The van der Waals surface area contributed by atoms with Crippen LogP contribution in [0, 0.1) is 0 Å². The zero-order valence-corrected chi connectivity index (χ0v) is 9.50. The van der Waals surface area contributed by atoms with Crippen molar-refractivity contribution in [2.24, 2.45) is 0 Å². The third-order valence-electron chi connectivity index (χ3n) is 2.18. The number of nitrogens with one attached hydrogen (secondary N) is 1. The van der Waals surface area contributed by atoms with E-state index >= 15 is 0 Å². The van der Waals surface area contributed by atoms with Crippen LogP contribution in [0.4, 0.5) is 5.95 Å². The highest BCUT2D eigenvalue weighted by molar-refractivity contribution is 5.88. The number of anilines is 1. The van der Waals surface area contributed by atoms with E-state index in [2.05, 4.69) is 20.4 Å². The van der Waals surface area contributed by atoms with E-state index in [1.807, 2.05) is 12.1 Å². The summed E-state index contributed by atoms with van der Waals surface area (Å²) in [5.74, 6) is 0.241. The van der Waals surface area contributed by atoms with Gasteiger partial charge in [0.2, 0.25) is 11.9 Å². The van der Waals surface area contributed by atoms with Crippen molar-refractivity contribution < 1.29 is 4.79 Å². The van der Waals surface area contributed by atoms with Gasteiger partial charge < -0.3 is 0 Å². The van der Waals surface area contributed by atoms with Crippen LogP contribution in [0.5, 0.6) is 0 Å². The van der Waals surface area contributed by atoms with Crippen molar-refractivity contribution in [3.05, 3.63) is 36.4 Å². The van der Waals surface area contributed by atoms with Crippen LogP contribution in [0.25, 0.3) is 0 Å². The van der Waals surface area contributed by atoms with Gasteiger partial charge in [-0.15, -0.1) is 5.10 Å². The SMILES string of the molecule is CCC(=O)Nc1ncn(Cc2cccnc2)n1. The monoisotopic (exact) mass is 231 g/mol. The number of nitrogens with zero attached hydrogens (tertiary/aromatic N) is 4. The number of hydrogen-bond acceptors (Lipinski definition) is 4. The van der Waals surface area contributed by atoms with Gasteiger partial charge in [0.15, 0.2) is 0 Å². The lowest BCUT2D eigenvalue weighted by molar-refractivity contribution is -0.115. The molecular formula is C11H13N5O. The summed E-state index contributed by atoms with van der Waals surface area (Å²) in [5.41, 5.74) is 1.03. The topological polar surface area (TPSA) is 72.7 Å². The first-order valence-corrected chi connectivity index (χ1v) is 5.36.